The quantitative estimate of drug-likeness (QED) is 0.118. The molecule has 0 bridgehead atoms. The van der Waals surface area contributed by atoms with Crippen molar-refractivity contribution in [3.8, 4) is 40.3 Å². The number of aryl methyl sites for hydroxylation is 2. The largest absolute Gasteiger partial charge is 0.510 e. The van der Waals surface area contributed by atoms with Gasteiger partial charge in [-0.05, 0) is 84.4 Å². The molecule has 0 spiro atoms. The zero-order chi connectivity index (χ0) is 50.7. The molecule has 0 atom stereocenters. The summed E-state index contributed by atoms with van der Waals surface area (Å²) in [5.41, 5.74) is 8.17. The van der Waals surface area contributed by atoms with Gasteiger partial charge in [-0.2, -0.15) is 18.2 Å². The third kappa shape index (κ3) is 6.44. The molecule has 0 unspecified atom stereocenters. The summed E-state index contributed by atoms with van der Waals surface area (Å²) in [6.45, 7) is -5.38. The average molecular weight is 1090 g/mol. The van der Waals surface area contributed by atoms with Gasteiger partial charge in [-0.1, -0.05) is 121 Å². The number of pyridine rings is 2. The molecule has 70 heavy (non-hydrogen) atoms. The Kier molecular flexibility index (Phi) is 8.27. The number of hydrogen-bond acceptors (Lipinski definition) is 3. The molecule has 0 saturated heterocycles. The van der Waals surface area contributed by atoms with Crippen LogP contribution < -0.4 is 9.30 Å². The van der Waals surface area contributed by atoms with Crippen LogP contribution in [0.25, 0.3) is 105 Å². The van der Waals surface area contributed by atoms with Crippen LogP contribution in [0.1, 0.15) is 19.4 Å². The maximum atomic E-state index is 8.24. The van der Waals surface area contributed by atoms with E-state index in [1.54, 1.807) is 4.57 Å². The smallest absolute Gasteiger partial charge is 0.268 e. The molecule has 0 fully saturated rings. The molecule has 8 aromatic carbocycles. The van der Waals surface area contributed by atoms with Crippen molar-refractivity contribution >= 4 is 76.5 Å². The van der Waals surface area contributed by atoms with Crippen molar-refractivity contribution in [1.29, 1.82) is 0 Å². The van der Waals surface area contributed by atoms with Crippen molar-refractivity contribution in [2.24, 2.45) is 0 Å². The summed E-state index contributed by atoms with van der Waals surface area (Å²) >= 11 is 0. The fourth-order valence-corrected chi connectivity index (χ4v) is 10.1. The number of fused-ring (bicyclic) bond motifs is 10. The summed E-state index contributed by atoms with van der Waals surface area (Å²) in [7, 11) is 0. The van der Waals surface area contributed by atoms with Crippen LogP contribution in [-0.4, -0.2) is 28.2 Å². The monoisotopic (exact) mass is 1090 g/mol. The van der Waals surface area contributed by atoms with Gasteiger partial charge >= 0.3 is 0 Å². The molecule has 0 aliphatic carbocycles. The number of hydrogen-bond donors (Lipinski definition) is 0. The Morgan fingerprint density at radius 2 is 0.986 bits per heavy atom. The molecule has 336 valence electrons. The van der Waals surface area contributed by atoms with Crippen molar-refractivity contribution < 1.29 is 38.6 Å². The Morgan fingerprint density at radius 1 is 0.471 bits per heavy atom. The van der Waals surface area contributed by atoms with Gasteiger partial charge in [0.05, 0.1) is 38.8 Å². The SMILES string of the molecule is [2H]C([2H])([2H])c1cnc(-n2c3[c-]c(Oc4[c-]c(-n5[c-][n+](-c6cc(-n7c8ccccc8c8ccccc87)nc(-n7c8ccccc8c8ccccc87)c6)c6ccccc65)ccc4)ccc3c3ccccc32)cc1C([2H])([2H])[2H].[Pt]. The van der Waals surface area contributed by atoms with E-state index in [0.717, 1.165) is 94.5 Å². The number of rotatable bonds is 7. The predicted octanol–water partition coefficient (Wildman–Crippen LogP) is 13.8. The standard InChI is InChI=1S/C61H39N7O.Pt/c1-39-32-59(62-37-40(39)2)68-55-27-12-7-22-49(55)50-31-30-44(36-58(50)68)69-43-17-15-16-41(33-43)64-38-65(57-29-14-13-28-56(57)64)42-34-60(66-51-23-8-3-18-45(51)46-19-4-9-24-52(46)66)63-61(35-42)67-53-25-10-5-20-47(53)48-21-6-11-26-54(48)67;/h3-32,34-35,37H,1-2H3;/q-2;/i1D3,2D3;. The molecule has 0 amide bonds. The average Bonchev–Trinajstić information content (AvgIpc) is 4.25. The Morgan fingerprint density at radius 3 is 1.57 bits per heavy atom. The van der Waals surface area contributed by atoms with Gasteiger partial charge in [0.1, 0.15) is 17.5 Å². The second-order valence-electron chi connectivity index (χ2n) is 17.1. The van der Waals surface area contributed by atoms with Crippen LogP contribution in [0.15, 0.2) is 200 Å². The first-order valence-electron chi connectivity index (χ1n) is 25.6. The van der Waals surface area contributed by atoms with Crippen LogP contribution in [0, 0.1) is 32.2 Å². The zero-order valence-electron chi connectivity index (χ0n) is 42.9. The van der Waals surface area contributed by atoms with Crippen LogP contribution in [-0.2, 0) is 21.1 Å². The third-order valence-electron chi connectivity index (χ3n) is 13.1. The van der Waals surface area contributed by atoms with Gasteiger partial charge in [-0.15, -0.1) is 29.7 Å². The first kappa shape index (κ1) is 35.5. The van der Waals surface area contributed by atoms with Gasteiger partial charge in [0, 0.05) is 74.0 Å². The minimum absolute atomic E-state index is 0. The second kappa shape index (κ2) is 16.3. The van der Waals surface area contributed by atoms with E-state index in [9.17, 15) is 0 Å². The Hall–Kier alpha value is -8.58. The fourth-order valence-electron chi connectivity index (χ4n) is 10.1. The van der Waals surface area contributed by atoms with Gasteiger partial charge in [-0.25, -0.2) is 9.97 Å². The van der Waals surface area contributed by atoms with Crippen molar-refractivity contribution in [1.82, 2.24) is 28.2 Å². The molecule has 14 rings (SSSR count). The first-order valence-corrected chi connectivity index (χ1v) is 22.6. The molecular weight excluding hydrogens is 1040 g/mol. The van der Waals surface area contributed by atoms with Crippen molar-refractivity contribution in [3.05, 3.63) is 230 Å². The first-order chi connectivity index (χ1) is 36.5. The predicted molar refractivity (Wildman–Crippen MR) is 276 cm³/mol. The normalized spacial score (nSPS) is 13.4. The van der Waals surface area contributed by atoms with Crippen molar-refractivity contribution in [3.63, 3.8) is 0 Å². The number of nitrogens with zero attached hydrogens (tertiary/aromatic N) is 7. The summed E-state index contributed by atoms with van der Waals surface area (Å²) in [4.78, 5) is 10.1. The van der Waals surface area contributed by atoms with E-state index in [0.29, 0.717) is 22.7 Å². The van der Waals surface area contributed by atoms with Crippen molar-refractivity contribution in [2.45, 2.75) is 13.7 Å². The van der Waals surface area contributed by atoms with E-state index in [1.807, 2.05) is 71.3 Å². The molecule has 0 saturated carbocycles. The molecular formula is C61H39N7OPt-2. The van der Waals surface area contributed by atoms with Crippen LogP contribution in [0.4, 0.5) is 0 Å². The topological polar surface area (TPSA) is 58.6 Å². The van der Waals surface area contributed by atoms with E-state index >= 15 is 0 Å². The fraction of sp³-hybridized carbons (Fsp3) is 0.0328. The zero-order valence-corrected chi connectivity index (χ0v) is 39.2. The molecule has 0 N–H and O–H groups in total. The molecule has 6 aromatic heterocycles. The summed E-state index contributed by atoms with van der Waals surface area (Å²) in [5, 5.41) is 6.24. The van der Waals surface area contributed by atoms with E-state index in [-0.39, 0.29) is 38.0 Å². The molecule has 0 aliphatic rings. The number of para-hydroxylation sites is 7. The Balaban J connectivity index is 0.00000553. The van der Waals surface area contributed by atoms with Gasteiger partial charge in [0.15, 0.2) is 0 Å². The van der Waals surface area contributed by atoms with Crippen LogP contribution >= 0.6 is 0 Å². The maximum Gasteiger partial charge on any atom is 0.268 e. The number of aromatic nitrogens is 7. The summed E-state index contributed by atoms with van der Waals surface area (Å²) in [6.07, 6.45) is 4.85. The van der Waals surface area contributed by atoms with Crippen molar-refractivity contribution in [2.75, 3.05) is 0 Å². The Labute approximate surface area is 425 Å². The summed E-state index contributed by atoms with van der Waals surface area (Å²) < 4.78 is 65.8. The van der Waals surface area contributed by atoms with Crippen LogP contribution in [0.3, 0.4) is 0 Å². The molecule has 6 heterocycles. The molecule has 0 aliphatic heterocycles. The Bertz CT molecular complexity index is 4410. The van der Waals surface area contributed by atoms with Gasteiger partial charge < -0.3 is 13.9 Å². The van der Waals surface area contributed by atoms with Gasteiger partial charge in [-0.3, -0.25) is 13.7 Å². The van der Waals surface area contributed by atoms with E-state index in [1.165, 1.54) is 6.07 Å². The van der Waals surface area contributed by atoms with Crippen LogP contribution in [0.5, 0.6) is 11.5 Å². The maximum absolute atomic E-state index is 8.24. The van der Waals surface area contributed by atoms with Crippen LogP contribution in [0.2, 0.25) is 0 Å². The summed E-state index contributed by atoms with van der Waals surface area (Å²) in [6, 6.07) is 71.6. The molecule has 14 aromatic rings. The second-order valence-corrected chi connectivity index (χ2v) is 17.1. The van der Waals surface area contributed by atoms with Gasteiger partial charge in [0.25, 0.3) is 6.33 Å². The molecule has 0 radical (unpaired) electrons. The third-order valence-corrected chi connectivity index (χ3v) is 13.1. The number of ether oxygens (including phenoxy) is 1. The van der Waals surface area contributed by atoms with E-state index < -0.39 is 13.7 Å². The van der Waals surface area contributed by atoms with E-state index in [2.05, 4.69) is 158 Å². The number of benzene rings is 8. The molecule has 8 nitrogen and oxygen atoms in total. The summed E-state index contributed by atoms with van der Waals surface area (Å²) in [5.74, 6) is 2.52. The van der Waals surface area contributed by atoms with Gasteiger partial charge in [0.2, 0.25) is 0 Å². The minimum Gasteiger partial charge on any atom is -0.510 e. The molecule has 9 heteroatoms. The minimum atomic E-state index is -2.70. The van der Waals surface area contributed by atoms with E-state index in [4.69, 9.17) is 17.9 Å². The number of imidazole rings is 1.